The minimum absolute atomic E-state index is 0.285. The van der Waals surface area contributed by atoms with Gasteiger partial charge in [-0.25, -0.2) is 12.4 Å². The van der Waals surface area contributed by atoms with E-state index < -0.39 is 10.0 Å². The van der Waals surface area contributed by atoms with Crippen LogP contribution in [0, 0.1) is 6.92 Å². The molecule has 0 amide bonds. The molecule has 2 heterocycles. The number of rotatable bonds is 4. The minimum atomic E-state index is -3.69. The van der Waals surface area contributed by atoms with E-state index in [0.717, 1.165) is 49.4 Å². The zero-order valence-electron chi connectivity index (χ0n) is 16.1. The van der Waals surface area contributed by atoms with Gasteiger partial charge in [-0.2, -0.15) is 0 Å². The zero-order chi connectivity index (χ0) is 19.9. The van der Waals surface area contributed by atoms with Crippen LogP contribution in [0.15, 0.2) is 53.6 Å². The predicted octanol–water partition coefficient (Wildman–Crippen LogP) is 3.98. The van der Waals surface area contributed by atoms with Gasteiger partial charge in [-0.15, -0.1) is 0 Å². The number of hydrogen-bond acceptors (Lipinski definition) is 4. The first-order valence-corrected chi connectivity index (χ1v) is 11.3. The number of benzene rings is 2. The van der Waals surface area contributed by atoms with Gasteiger partial charge in [-0.05, 0) is 43.8 Å². The monoisotopic (exact) mass is 417 g/mol. The van der Waals surface area contributed by atoms with E-state index in [-0.39, 0.29) is 4.90 Å². The standard InChI is InChI=1S/C21H24ClN3O2S/c1-3-23-10-12-24(13-11-23)21-15-25(20-9-6-17(22)14-19(20)21)28(26,27)18-7-4-16(2)5-8-18/h4-9,14-15H,3,10-13H2,1-2H3. The van der Waals surface area contributed by atoms with Crippen molar-refractivity contribution < 1.29 is 8.42 Å². The Morgan fingerprint density at radius 3 is 2.32 bits per heavy atom. The molecule has 1 aliphatic rings. The van der Waals surface area contributed by atoms with Crippen molar-refractivity contribution in [1.29, 1.82) is 0 Å². The Balaban J connectivity index is 1.83. The Labute approximate surface area is 171 Å². The average molecular weight is 418 g/mol. The summed E-state index contributed by atoms with van der Waals surface area (Å²) in [5.74, 6) is 0. The highest BCUT2D eigenvalue weighted by Crippen LogP contribution is 2.34. The van der Waals surface area contributed by atoms with Gasteiger partial charge in [0, 0.05) is 42.8 Å². The summed E-state index contributed by atoms with van der Waals surface area (Å²) in [7, 11) is -3.69. The molecule has 0 aliphatic carbocycles. The molecule has 0 saturated carbocycles. The summed E-state index contributed by atoms with van der Waals surface area (Å²) in [6.45, 7) is 8.80. The van der Waals surface area contributed by atoms with Crippen LogP contribution in [0.25, 0.3) is 10.9 Å². The number of nitrogens with zero attached hydrogens (tertiary/aromatic N) is 3. The van der Waals surface area contributed by atoms with E-state index in [9.17, 15) is 8.42 Å². The summed E-state index contributed by atoms with van der Waals surface area (Å²) in [6, 6.07) is 12.3. The van der Waals surface area contributed by atoms with Gasteiger partial charge in [0.05, 0.1) is 16.1 Å². The summed E-state index contributed by atoms with van der Waals surface area (Å²) in [4.78, 5) is 4.94. The SMILES string of the molecule is CCN1CCN(c2cn(S(=O)(=O)c3ccc(C)cc3)c3ccc(Cl)cc23)CC1. The lowest BCUT2D eigenvalue weighted by molar-refractivity contribution is 0.271. The third-order valence-corrected chi connectivity index (χ3v) is 7.37. The molecular weight excluding hydrogens is 394 g/mol. The van der Waals surface area contributed by atoms with Crippen LogP contribution in [0.3, 0.4) is 0 Å². The highest BCUT2D eigenvalue weighted by Gasteiger charge is 2.25. The lowest BCUT2D eigenvalue weighted by Crippen LogP contribution is -2.46. The van der Waals surface area contributed by atoms with E-state index in [0.29, 0.717) is 10.5 Å². The topological polar surface area (TPSA) is 45.5 Å². The van der Waals surface area contributed by atoms with Crippen molar-refractivity contribution in [1.82, 2.24) is 8.87 Å². The van der Waals surface area contributed by atoms with Crippen molar-refractivity contribution in [3.8, 4) is 0 Å². The molecule has 2 aromatic carbocycles. The van der Waals surface area contributed by atoms with Crippen LogP contribution in [-0.2, 0) is 10.0 Å². The number of hydrogen-bond donors (Lipinski definition) is 0. The molecule has 0 atom stereocenters. The number of fused-ring (bicyclic) bond motifs is 1. The molecule has 0 spiro atoms. The van der Waals surface area contributed by atoms with Gasteiger partial charge in [0.1, 0.15) is 0 Å². The van der Waals surface area contributed by atoms with Gasteiger partial charge in [0.15, 0.2) is 0 Å². The molecule has 0 N–H and O–H groups in total. The summed E-state index contributed by atoms with van der Waals surface area (Å²) >= 11 is 6.25. The van der Waals surface area contributed by atoms with E-state index in [1.54, 1.807) is 30.5 Å². The molecule has 1 saturated heterocycles. The fourth-order valence-corrected chi connectivity index (χ4v) is 5.27. The summed E-state index contributed by atoms with van der Waals surface area (Å²) < 4.78 is 28.1. The van der Waals surface area contributed by atoms with Crippen LogP contribution >= 0.6 is 11.6 Å². The number of halogens is 1. The molecule has 1 aliphatic heterocycles. The number of aryl methyl sites for hydroxylation is 1. The minimum Gasteiger partial charge on any atom is -0.367 e. The Morgan fingerprint density at radius 1 is 1.00 bits per heavy atom. The lowest BCUT2D eigenvalue weighted by atomic mass is 10.2. The number of likely N-dealkylation sites (N-methyl/N-ethyl adjacent to an activating group) is 1. The smallest absolute Gasteiger partial charge is 0.268 e. The highest BCUT2D eigenvalue weighted by atomic mass is 35.5. The van der Waals surface area contributed by atoms with Crippen LogP contribution in [-0.4, -0.2) is 50.0 Å². The van der Waals surface area contributed by atoms with Crippen molar-refractivity contribution in [3.05, 3.63) is 59.2 Å². The van der Waals surface area contributed by atoms with E-state index in [4.69, 9.17) is 11.6 Å². The van der Waals surface area contributed by atoms with Crippen LogP contribution in [0.4, 0.5) is 5.69 Å². The highest BCUT2D eigenvalue weighted by molar-refractivity contribution is 7.90. The van der Waals surface area contributed by atoms with Gasteiger partial charge >= 0.3 is 0 Å². The normalized spacial score (nSPS) is 16.0. The molecule has 5 nitrogen and oxygen atoms in total. The van der Waals surface area contributed by atoms with E-state index in [2.05, 4.69) is 16.7 Å². The van der Waals surface area contributed by atoms with Gasteiger partial charge in [-0.3, -0.25) is 0 Å². The van der Waals surface area contributed by atoms with E-state index in [1.807, 2.05) is 25.1 Å². The maximum absolute atomic E-state index is 13.3. The van der Waals surface area contributed by atoms with Gasteiger partial charge in [-0.1, -0.05) is 36.2 Å². The molecule has 7 heteroatoms. The van der Waals surface area contributed by atoms with Crippen molar-refractivity contribution in [2.24, 2.45) is 0 Å². The fourth-order valence-electron chi connectivity index (χ4n) is 3.74. The van der Waals surface area contributed by atoms with Crippen molar-refractivity contribution in [3.63, 3.8) is 0 Å². The first-order chi connectivity index (χ1) is 13.4. The predicted molar refractivity (Wildman–Crippen MR) is 115 cm³/mol. The first kappa shape index (κ1) is 19.3. The first-order valence-electron chi connectivity index (χ1n) is 9.50. The Kier molecular flexibility index (Phi) is 5.12. The largest absolute Gasteiger partial charge is 0.367 e. The maximum Gasteiger partial charge on any atom is 0.268 e. The second-order valence-corrected chi connectivity index (χ2v) is 9.46. The summed E-state index contributed by atoms with van der Waals surface area (Å²) in [6.07, 6.45) is 1.75. The van der Waals surface area contributed by atoms with E-state index >= 15 is 0 Å². The molecule has 1 aromatic heterocycles. The molecule has 148 valence electrons. The molecule has 28 heavy (non-hydrogen) atoms. The second-order valence-electron chi connectivity index (χ2n) is 7.21. The van der Waals surface area contributed by atoms with Gasteiger partial charge in [0.25, 0.3) is 10.0 Å². The zero-order valence-corrected chi connectivity index (χ0v) is 17.7. The molecular formula is C21H24ClN3O2S. The lowest BCUT2D eigenvalue weighted by Gasteiger charge is -2.35. The van der Waals surface area contributed by atoms with Crippen molar-refractivity contribution in [2.75, 3.05) is 37.6 Å². The molecule has 4 rings (SSSR count). The molecule has 0 radical (unpaired) electrons. The van der Waals surface area contributed by atoms with Crippen LogP contribution < -0.4 is 4.90 Å². The van der Waals surface area contributed by atoms with Crippen LogP contribution in [0.1, 0.15) is 12.5 Å². The van der Waals surface area contributed by atoms with Gasteiger partial charge < -0.3 is 9.80 Å². The quantitative estimate of drug-likeness (QED) is 0.644. The molecule has 1 fully saturated rings. The fraction of sp³-hybridized carbons (Fsp3) is 0.333. The van der Waals surface area contributed by atoms with Crippen LogP contribution in [0.2, 0.25) is 5.02 Å². The molecule has 3 aromatic rings. The average Bonchev–Trinajstić information content (AvgIpc) is 3.08. The van der Waals surface area contributed by atoms with Crippen LogP contribution in [0.5, 0.6) is 0 Å². The Morgan fingerprint density at radius 2 is 1.68 bits per heavy atom. The van der Waals surface area contributed by atoms with Crippen molar-refractivity contribution in [2.45, 2.75) is 18.7 Å². The third kappa shape index (κ3) is 3.41. The Bertz CT molecular complexity index is 1100. The number of anilines is 1. The second kappa shape index (κ2) is 7.43. The maximum atomic E-state index is 13.3. The third-order valence-electron chi connectivity index (χ3n) is 5.45. The number of aromatic nitrogens is 1. The molecule has 0 unspecified atom stereocenters. The number of piperazine rings is 1. The van der Waals surface area contributed by atoms with E-state index in [1.165, 1.54) is 3.97 Å². The van der Waals surface area contributed by atoms with Gasteiger partial charge in [0.2, 0.25) is 0 Å². The Hall–Kier alpha value is -2.02. The molecule has 0 bridgehead atoms. The van der Waals surface area contributed by atoms with Crippen molar-refractivity contribution >= 4 is 38.2 Å². The summed E-state index contributed by atoms with van der Waals surface area (Å²) in [5.41, 5.74) is 2.60. The summed E-state index contributed by atoms with van der Waals surface area (Å²) in [5, 5.41) is 1.47.